The van der Waals surface area contributed by atoms with E-state index in [9.17, 15) is 25.0 Å². The Kier molecular flexibility index (Phi) is 3.80. The number of anilines is 1. The van der Waals surface area contributed by atoms with Crippen LogP contribution in [0.1, 0.15) is 10.5 Å². The van der Waals surface area contributed by atoms with E-state index in [1.54, 1.807) is 0 Å². The fraction of sp³-hybridized carbons (Fsp3) is 0. The van der Waals surface area contributed by atoms with Crippen molar-refractivity contribution in [2.24, 2.45) is 0 Å². The number of non-ortho nitro benzene ring substituents is 1. The van der Waals surface area contributed by atoms with Crippen LogP contribution in [-0.2, 0) is 0 Å². The molecule has 0 bridgehead atoms. The van der Waals surface area contributed by atoms with Crippen molar-refractivity contribution in [3.05, 3.63) is 55.2 Å². The van der Waals surface area contributed by atoms with Gasteiger partial charge in [-0.25, -0.2) is 0 Å². The highest BCUT2D eigenvalue weighted by atomic mass is 35.5. The molecular formula is C10H6ClN5O5. The lowest BCUT2D eigenvalue weighted by molar-refractivity contribution is -0.389. The van der Waals surface area contributed by atoms with E-state index in [1.165, 1.54) is 12.1 Å². The molecule has 21 heavy (non-hydrogen) atoms. The molecule has 0 saturated heterocycles. The van der Waals surface area contributed by atoms with Gasteiger partial charge in [-0.15, -0.1) is 5.10 Å². The van der Waals surface area contributed by atoms with Gasteiger partial charge in [0.15, 0.2) is 5.69 Å². The molecule has 0 saturated carbocycles. The molecule has 108 valence electrons. The van der Waals surface area contributed by atoms with Crippen molar-refractivity contribution in [1.29, 1.82) is 0 Å². The molecular weight excluding hydrogens is 306 g/mol. The number of hydrogen-bond acceptors (Lipinski definition) is 6. The third-order valence-corrected chi connectivity index (χ3v) is 2.73. The molecule has 1 aromatic heterocycles. The molecule has 2 aromatic rings. The van der Waals surface area contributed by atoms with Crippen molar-refractivity contribution in [3.63, 3.8) is 0 Å². The zero-order valence-electron chi connectivity index (χ0n) is 10.1. The average Bonchev–Trinajstić information content (AvgIpc) is 2.90. The molecule has 0 aliphatic heterocycles. The first-order chi connectivity index (χ1) is 9.88. The van der Waals surface area contributed by atoms with E-state index in [0.29, 0.717) is 0 Å². The van der Waals surface area contributed by atoms with Crippen LogP contribution in [0, 0.1) is 20.2 Å². The van der Waals surface area contributed by atoms with E-state index in [1.807, 2.05) is 0 Å². The second kappa shape index (κ2) is 5.54. The summed E-state index contributed by atoms with van der Waals surface area (Å²) in [6.45, 7) is 0. The number of aromatic amines is 1. The monoisotopic (exact) mass is 311 g/mol. The lowest BCUT2D eigenvalue weighted by atomic mass is 10.2. The minimum Gasteiger partial charge on any atom is -0.358 e. The molecule has 10 nitrogen and oxygen atoms in total. The summed E-state index contributed by atoms with van der Waals surface area (Å²) in [5, 5.41) is 29.0. The number of amides is 1. The molecule has 1 amide bonds. The number of halogens is 1. The van der Waals surface area contributed by atoms with Gasteiger partial charge < -0.3 is 15.4 Å². The van der Waals surface area contributed by atoms with Crippen LogP contribution in [0.15, 0.2) is 24.3 Å². The van der Waals surface area contributed by atoms with Crippen LogP contribution in [-0.4, -0.2) is 26.0 Å². The molecule has 2 rings (SSSR count). The Morgan fingerprint density at radius 3 is 2.52 bits per heavy atom. The van der Waals surface area contributed by atoms with E-state index in [2.05, 4.69) is 15.5 Å². The summed E-state index contributed by atoms with van der Waals surface area (Å²) in [6.07, 6.45) is 0. The molecule has 0 spiro atoms. The normalized spacial score (nSPS) is 10.1. The van der Waals surface area contributed by atoms with Gasteiger partial charge >= 0.3 is 5.82 Å². The molecule has 11 heteroatoms. The second-order valence-electron chi connectivity index (χ2n) is 3.77. The van der Waals surface area contributed by atoms with Gasteiger partial charge in [0.05, 0.1) is 21.7 Å². The summed E-state index contributed by atoms with van der Waals surface area (Å²) in [5.74, 6) is -1.24. The molecule has 0 atom stereocenters. The summed E-state index contributed by atoms with van der Waals surface area (Å²) in [7, 11) is 0. The number of nitro groups is 2. The van der Waals surface area contributed by atoms with Crippen molar-refractivity contribution in [2.75, 3.05) is 5.32 Å². The van der Waals surface area contributed by atoms with Crippen molar-refractivity contribution in [3.8, 4) is 0 Å². The molecule has 0 aliphatic carbocycles. The lowest BCUT2D eigenvalue weighted by Gasteiger charge is -2.04. The Morgan fingerprint density at radius 1 is 1.24 bits per heavy atom. The number of benzene rings is 1. The zero-order valence-corrected chi connectivity index (χ0v) is 10.8. The van der Waals surface area contributed by atoms with Crippen LogP contribution in [0.25, 0.3) is 0 Å². The maximum absolute atomic E-state index is 11.8. The SMILES string of the molecule is O=C(Nc1cc([N+](=O)[O-])ccc1Cl)c1cc([N+](=O)[O-])[nH]n1. The largest absolute Gasteiger partial charge is 0.358 e. The van der Waals surface area contributed by atoms with Crippen molar-refractivity contribution in [1.82, 2.24) is 10.2 Å². The molecule has 0 unspecified atom stereocenters. The van der Waals surface area contributed by atoms with Crippen LogP contribution in [0.3, 0.4) is 0 Å². The Labute approximate surface area is 121 Å². The van der Waals surface area contributed by atoms with E-state index in [-0.39, 0.29) is 22.1 Å². The van der Waals surface area contributed by atoms with Crippen LogP contribution < -0.4 is 5.32 Å². The number of carbonyl (C=O) groups excluding carboxylic acids is 1. The van der Waals surface area contributed by atoms with Crippen molar-refractivity contribution >= 4 is 34.7 Å². The van der Waals surface area contributed by atoms with Gasteiger partial charge in [0, 0.05) is 12.1 Å². The van der Waals surface area contributed by atoms with Crippen LogP contribution >= 0.6 is 11.6 Å². The van der Waals surface area contributed by atoms with Crippen molar-refractivity contribution in [2.45, 2.75) is 0 Å². The third kappa shape index (κ3) is 3.12. The maximum atomic E-state index is 11.8. The first kappa shape index (κ1) is 14.4. The van der Waals surface area contributed by atoms with E-state index in [4.69, 9.17) is 11.6 Å². The second-order valence-corrected chi connectivity index (χ2v) is 4.18. The number of rotatable bonds is 4. The Hall–Kier alpha value is -3.01. The van der Waals surface area contributed by atoms with Gasteiger partial charge in [0.1, 0.15) is 0 Å². The summed E-state index contributed by atoms with van der Waals surface area (Å²) in [4.78, 5) is 31.6. The minimum absolute atomic E-state index is 0.00141. The van der Waals surface area contributed by atoms with E-state index in [0.717, 1.165) is 12.1 Å². The number of hydrogen-bond donors (Lipinski definition) is 2. The fourth-order valence-corrected chi connectivity index (χ4v) is 1.60. The number of carbonyl (C=O) groups is 1. The highest BCUT2D eigenvalue weighted by Crippen LogP contribution is 2.27. The van der Waals surface area contributed by atoms with Gasteiger partial charge in [-0.05, 0) is 11.0 Å². The first-order valence-corrected chi connectivity index (χ1v) is 5.71. The topological polar surface area (TPSA) is 144 Å². The van der Waals surface area contributed by atoms with Gasteiger partial charge in [-0.1, -0.05) is 16.7 Å². The minimum atomic E-state index is -0.790. The number of nitro benzene ring substituents is 1. The maximum Gasteiger partial charge on any atom is 0.343 e. The molecule has 2 N–H and O–H groups in total. The number of H-pyrrole nitrogens is 1. The first-order valence-electron chi connectivity index (χ1n) is 5.33. The van der Waals surface area contributed by atoms with E-state index < -0.39 is 21.6 Å². The molecule has 1 heterocycles. The van der Waals surface area contributed by atoms with Crippen molar-refractivity contribution < 1.29 is 14.6 Å². The lowest BCUT2D eigenvalue weighted by Crippen LogP contribution is -2.12. The Morgan fingerprint density at radius 2 is 1.95 bits per heavy atom. The Bertz CT molecular complexity index is 743. The average molecular weight is 312 g/mol. The van der Waals surface area contributed by atoms with Gasteiger partial charge in [0.2, 0.25) is 0 Å². The van der Waals surface area contributed by atoms with Gasteiger partial charge in [-0.2, -0.15) is 0 Å². The predicted octanol–water partition coefficient (Wildman–Crippen LogP) is 2.13. The molecule has 0 radical (unpaired) electrons. The van der Waals surface area contributed by atoms with Crippen LogP contribution in [0.4, 0.5) is 17.2 Å². The fourth-order valence-electron chi connectivity index (χ4n) is 1.43. The standard InChI is InChI=1S/C10H6ClN5O5/c11-6-2-1-5(15(18)19)3-7(6)12-10(17)8-4-9(14-13-8)16(20)21/h1-4H,(H,12,17)(H,13,14). The van der Waals surface area contributed by atoms with Gasteiger partial charge in [-0.3, -0.25) is 14.9 Å². The highest BCUT2D eigenvalue weighted by Gasteiger charge is 2.18. The molecule has 0 fully saturated rings. The quantitative estimate of drug-likeness (QED) is 0.653. The van der Waals surface area contributed by atoms with E-state index >= 15 is 0 Å². The molecule has 0 aliphatic rings. The summed E-state index contributed by atoms with van der Waals surface area (Å²) in [5.41, 5.74) is -0.506. The smallest absolute Gasteiger partial charge is 0.343 e. The number of nitrogens with zero attached hydrogens (tertiary/aromatic N) is 3. The number of aromatic nitrogens is 2. The predicted molar refractivity (Wildman–Crippen MR) is 71.3 cm³/mol. The summed E-state index contributed by atoms with van der Waals surface area (Å²) >= 11 is 5.81. The third-order valence-electron chi connectivity index (χ3n) is 2.40. The van der Waals surface area contributed by atoms with Crippen LogP contribution in [0.5, 0.6) is 0 Å². The summed E-state index contributed by atoms with van der Waals surface area (Å²) < 4.78 is 0. The zero-order chi connectivity index (χ0) is 15.6. The Balaban J connectivity index is 2.24. The van der Waals surface area contributed by atoms with Gasteiger partial charge in [0.25, 0.3) is 11.6 Å². The number of nitrogens with one attached hydrogen (secondary N) is 2. The molecule has 1 aromatic carbocycles. The highest BCUT2D eigenvalue weighted by molar-refractivity contribution is 6.34. The van der Waals surface area contributed by atoms with Crippen LogP contribution in [0.2, 0.25) is 5.02 Å². The summed E-state index contributed by atoms with van der Waals surface area (Å²) in [6, 6.07) is 4.43.